The van der Waals surface area contributed by atoms with Crippen LogP contribution in [0.15, 0.2) is 34.4 Å². The summed E-state index contributed by atoms with van der Waals surface area (Å²) in [5.41, 5.74) is 1.20. The minimum Gasteiger partial charge on any atom is -0.449 e. The maximum Gasteiger partial charge on any atom is 0.511 e. The lowest BCUT2D eigenvalue weighted by Gasteiger charge is -2.13. The van der Waals surface area contributed by atoms with Crippen LogP contribution in [0.1, 0.15) is 17.9 Å². The second-order valence-corrected chi connectivity index (χ2v) is 5.70. The SMILES string of the molecule is O=C(O)Oc1ccc(C2C=CI=CC2)cc1. The average Bonchev–Trinajstić information content (AvgIpc) is 2.30. The number of halogens is 1. The van der Waals surface area contributed by atoms with Crippen molar-refractivity contribution < 1.29 is 14.6 Å². The number of carbonyl (C=O) groups is 1. The van der Waals surface area contributed by atoms with E-state index in [1.54, 1.807) is 12.1 Å². The fraction of sp³-hybridized carbons (Fsp3) is 0.167. The third kappa shape index (κ3) is 2.91. The fourth-order valence-corrected chi connectivity index (χ4v) is 3.41. The lowest BCUT2D eigenvalue weighted by Crippen LogP contribution is -2.03. The van der Waals surface area contributed by atoms with Gasteiger partial charge in [-0.1, -0.05) is 43.0 Å². The molecule has 0 radical (unpaired) electrons. The molecule has 0 fully saturated rings. The molecule has 16 heavy (non-hydrogen) atoms. The van der Waals surface area contributed by atoms with Crippen LogP contribution in [-0.2, 0) is 0 Å². The Morgan fingerprint density at radius 2 is 2.12 bits per heavy atom. The second-order valence-electron chi connectivity index (χ2n) is 3.38. The van der Waals surface area contributed by atoms with Gasteiger partial charge in [0.25, 0.3) is 0 Å². The lowest BCUT2D eigenvalue weighted by molar-refractivity contribution is 0.144. The Bertz CT molecular complexity index is 434. The van der Waals surface area contributed by atoms with E-state index in [1.807, 2.05) is 12.1 Å². The lowest BCUT2D eigenvalue weighted by atomic mass is 9.97. The number of hydrogen-bond donors (Lipinski definition) is 1. The molecule has 0 saturated heterocycles. The van der Waals surface area contributed by atoms with Gasteiger partial charge in [-0.3, -0.25) is 0 Å². The van der Waals surface area contributed by atoms with Gasteiger partial charge in [0.05, 0.1) is 0 Å². The fourth-order valence-electron chi connectivity index (χ4n) is 1.54. The summed E-state index contributed by atoms with van der Waals surface area (Å²) < 4.78 is 9.16. The Morgan fingerprint density at radius 1 is 1.38 bits per heavy atom. The molecule has 1 aromatic carbocycles. The van der Waals surface area contributed by atoms with Gasteiger partial charge in [-0.25, -0.2) is 4.79 Å². The molecule has 0 aliphatic carbocycles. The quantitative estimate of drug-likeness (QED) is 0.513. The topological polar surface area (TPSA) is 46.5 Å². The van der Waals surface area contributed by atoms with Crippen molar-refractivity contribution in [2.75, 3.05) is 0 Å². The van der Waals surface area contributed by atoms with Crippen LogP contribution in [0.4, 0.5) is 4.79 Å². The molecule has 0 aromatic heterocycles. The smallest absolute Gasteiger partial charge is 0.449 e. The average molecular weight is 330 g/mol. The van der Waals surface area contributed by atoms with Crippen molar-refractivity contribution in [1.29, 1.82) is 0 Å². The molecule has 1 unspecified atom stereocenters. The maximum atomic E-state index is 10.3. The first-order valence-electron chi connectivity index (χ1n) is 4.87. The molecule has 3 nitrogen and oxygen atoms in total. The minimum absolute atomic E-state index is 0.169. The predicted molar refractivity (Wildman–Crippen MR) is 71.7 cm³/mol. The van der Waals surface area contributed by atoms with Gasteiger partial charge in [-0.15, -0.1) is 0 Å². The summed E-state index contributed by atoms with van der Waals surface area (Å²) in [5.74, 6) is 0.805. The number of benzene rings is 1. The summed E-state index contributed by atoms with van der Waals surface area (Å²) in [5, 5.41) is 8.45. The Balaban J connectivity index is 2.10. The third-order valence-electron chi connectivity index (χ3n) is 2.32. The zero-order chi connectivity index (χ0) is 11.4. The largest absolute Gasteiger partial charge is 0.511 e. The van der Waals surface area contributed by atoms with Crippen molar-refractivity contribution in [3.05, 3.63) is 40.0 Å². The van der Waals surface area contributed by atoms with Crippen molar-refractivity contribution in [1.82, 2.24) is 0 Å². The van der Waals surface area contributed by atoms with Crippen LogP contribution in [0.5, 0.6) is 5.75 Å². The normalized spacial score (nSPS) is 18.9. The molecule has 0 bridgehead atoms. The van der Waals surface area contributed by atoms with E-state index >= 15 is 0 Å². The highest BCUT2D eigenvalue weighted by Crippen LogP contribution is 2.27. The molecule has 1 aliphatic heterocycles. The van der Waals surface area contributed by atoms with Gasteiger partial charge in [0.1, 0.15) is 5.75 Å². The first-order valence-corrected chi connectivity index (χ1v) is 7.36. The Labute approximate surface area is 103 Å². The number of carboxylic acid groups (broad SMARTS) is 1. The van der Waals surface area contributed by atoms with Gasteiger partial charge in [-0.2, -0.15) is 0 Å². The van der Waals surface area contributed by atoms with E-state index in [9.17, 15) is 4.79 Å². The Hall–Kier alpha value is -1.17. The van der Waals surface area contributed by atoms with E-state index in [0.717, 1.165) is 6.42 Å². The summed E-state index contributed by atoms with van der Waals surface area (Å²) in [6, 6.07) is 7.23. The molecule has 1 atom stereocenters. The third-order valence-corrected chi connectivity index (χ3v) is 4.17. The molecule has 84 valence electrons. The number of allylic oxidation sites excluding steroid dienone is 1. The molecule has 0 amide bonds. The highest BCUT2D eigenvalue weighted by molar-refractivity contribution is 14.2. The number of hydrogen-bond acceptors (Lipinski definition) is 2. The van der Waals surface area contributed by atoms with Gasteiger partial charge < -0.3 is 9.84 Å². The van der Waals surface area contributed by atoms with Gasteiger partial charge in [0.15, 0.2) is 0 Å². The standard InChI is InChI=1S/C12H11IO3/c14-12(15)16-11-3-1-9(2-4-11)10-5-7-13-8-6-10/h1-5,7-8,10H,6H2,(H,14,15). The van der Waals surface area contributed by atoms with E-state index in [1.165, 1.54) is 5.56 Å². The maximum absolute atomic E-state index is 10.3. The van der Waals surface area contributed by atoms with Gasteiger partial charge in [0.2, 0.25) is 0 Å². The number of ether oxygens (including phenoxy) is 1. The molecule has 0 saturated carbocycles. The molecule has 1 N–H and O–H groups in total. The van der Waals surface area contributed by atoms with Crippen LogP contribution >= 0.6 is 20.7 Å². The summed E-state index contributed by atoms with van der Waals surface area (Å²) in [4.78, 5) is 10.3. The molecule has 1 aromatic rings. The molecule has 1 aliphatic rings. The summed E-state index contributed by atoms with van der Waals surface area (Å²) in [6.07, 6.45) is 2.05. The van der Waals surface area contributed by atoms with Crippen LogP contribution in [0.3, 0.4) is 0 Å². The van der Waals surface area contributed by atoms with Crippen molar-refractivity contribution in [2.24, 2.45) is 0 Å². The van der Waals surface area contributed by atoms with Crippen LogP contribution in [-0.4, -0.2) is 15.3 Å². The molecule has 2 rings (SSSR count). The summed E-state index contributed by atoms with van der Waals surface area (Å²) in [6.45, 7) is 0. The first-order chi connectivity index (χ1) is 7.75. The van der Waals surface area contributed by atoms with Crippen molar-refractivity contribution in [3.63, 3.8) is 0 Å². The number of rotatable bonds is 2. The highest BCUT2D eigenvalue weighted by atomic mass is 127. The molecular weight excluding hydrogens is 319 g/mol. The van der Waals surface area contributed by atoms with E-state index in [0.29, 0.717) is 11.7 Å². The van der Waals surface area contributed by atoms with E-state index < -0.39 is 6.16 Å². The van der Waals surface area contributed by atoms with Gasteiger partial charge in [0, 0.05) is 5.92 Å². The van der Waals surface area contributed by atoms with Crippen molar-refractivity contribution in [3.8, 4) is 5.75 Å². The van der Waals surface area contributed by atoms with Crippen LogP contribution in [0, 0.1) is 0 Å². The Morgan fingerprint density at radius 3 is 2.69 bits per heavy atom. The van der Waals surface area contributed by atoms with E-state index in [2.05, 4.69) is 18.9 Å². The van der Waals surface area contributed by atoms with Crippen molar-refractivity contribution >= 4 is 30.9 Å². The monoisotopic (exact) mass is 330 g/mol. The first kappa shape index (κ1) is 11.3. The van der Waals surface area contributed by atoms with Crippen molar-refractivity contribution in [2.45, 2.75) is 12.3 Å². The zero-order valence-electron chi connectivity index (χ0n) is 8.47. The highest BCUT2D eigenvalue weighted by Gasteiger charge is 2.09. The zero-order valence-corrected chi connectivity index (χ0v) is 10.6. The van der Waals surface area contributed by atoms with Gasteiger partial charge in [-0.05, 0) is 28.2 Å². The molecule has 1 heterocycles. The van der Waals surface area contributed by atoms with E-state index in [-0.39, 0.29) is 20.7 Å². The van der Waals surface area contributed by atoms with Gasteiger partial charge >= 0.3 is 6.16 Å². The van der Waals surface area contributed by atoms with Crippen LogP contribution < -0.4 is 4.74 Å². The predicted octanol–water partition coefficient (Wildman–Crippen LogP) is 3.52. The summed E-state index contributed by atoms with van der Waals surface area (Å²) in [7, 11) is 0. The minimum atomic E-state index is -1.27. The van der Waals surface area contributed by atoms with Crippen LogP contribution in [0.2, 0.25) is 0 Å². The second kappa shape index (κ2) is 5.25. The van der Waals surface area contributed by atoms with Crippen LogP contribution in [0.25, 0.3) is 0 Å². The summed E-state index contributed by atoms with van der Waals surface area (Å²) >= 11 is 0.169. The Kier molecular flexibility index (Phi) is 3.71. The molecule has 4 heteroatoms. The van der Waals surface area contributed by atoms with E-state index in [4.69, 9.17) is 5.11 Å². The molecular formula is C12H11IO3. The molecule has 0 spiro atoms.